The highest BCUT2D eigenvalue weighted by atomic mass is 32.2. The van der Waals surface area contributed by atoms with Gasteiger partial charge in [-0.1, -0.05) is 36.0 Å². The lowest BCUT2D eigenvalue weighted by atomic mass is 10.2. The number of carbonyl (C=O) groups is 2. The van der Waals surface area contributed by atoms with Gasteiger partial charge in [-0.2, -0.15) is 0 Å². The minimum Gasteiger partial charge on any atom is -0.496 e. The number of nitrogens with one attached hydrogen (secondary N) is 1. The maximum Gasteiger partial charge on any atom is 0.234 e. The molecule has 166 valence electrons. The summed E-state index contributed by atoms with van der Waals surface area (Å²) in [5.41, 5.74) is 2.23. The molecule has 1 aliphatic rings. The number of methoxy groups -OCH3 is 1. The van der Waals surface area contributed by atoms with E-state index in [1.54, 1.807) is 12.0 Å². The molecule has 0 saturated carbocycles. The Morgan fingerprint density at radius 1 is 1.16 bits per heavy atom. The fourth-order valence-corrected chi connectivity index (χ4v) is 4.55. The number of carbonyl (C=O) groups excluding carboxylic acids is 2. The second-order valence-corrected chi connectivity index (χ2v) is 8.20. The summed E-state index contributed by atoms with van der Waals surface area (Å²) < 4.78 is 7.42. The summed E-state index contributed by atoms with van der Waals surface area (Å²) in [6.45, 7) is 3.34. The fraction of sp³-hybridized carbons (Fsp3) is 0.304. The number of hydrogen-bond donors (Lipinski definition) is 1. The predicted molar refractivity (Wildman–Crippen MR) is 125 cm³/mol. The molecule has 1 aromatic heterocycles. The van der Waals surface area contributed by atoms with Crippen molar-refractivity contribution in [1.29, 1.82) is 0 Å². The molecule has 0 radical (unpaired) electrons. The zero-order valence-electron chi connectivity index (χ0n) is 18.1. The molecule has 1 aliphatic heterocycles. The van der Waals surface area contributed by atoms with E-state index in [0.717, 1.165) is 23.4 Å². The van der Waals surface area contributed by atoms with Crippen molar-refractivity contribution in [2.75, 3.05) is 29.6 Å². The molecule has 4 rings (SSSR count). The number of nitrogens with zero attached hydrogens (tertiary/aromatic N) is 4. The summed E-state index contributed by atoms with van der Waals surface area (Å²) in [7, 11) is 1.62. The Hall–Kier alpha value is -3.33. The van der Waals surface area contributed by atoms with Crippen LogP contribution in [0.5, 0.6) is 5.75 Å². The second-order valence-electron chi connectivity index (χ2n) is 7.25. The minimum atomic E-state index is -0.168. The van der Waals surface area contributed by atoms with Crippen LogP contribution in [0.15, 0.2) is 53.7 Å². The number of anilines is 2. The molecule has 2 amide bonds. The third-order valence-electron chi connectivity index (χ3n) is 5.26. The van der Waals surface area contributed by atoms with E-state index in [2.05, 4.69) is 15.5 Å². The van der Waals surface area contributed by atoms with Gasteiger partial charge >= 0.3 is 0 Å². The van der Waals surface area contributed by atoms with E-state index in [0.29, 0.717) is 36.2 Å². The normalized spacial score (nSPS) is 13.4. The van der Waals surface area contributed by atoms with Gasteiger partial charge in [0.05, 0.1) is 29.8 Å². The van der Waals surface area contributed by atoms with Crippen LogP contribution >= 0.6 is 11.8 Å². The molecular formula is C23H25N5O3S. The molecule has 0 spiro atoms. The Morgan fingerprint density at radius 3 is 2.69 bits per heavy atom. The molecule has 32 heavy (non-hydrogen) atoms. The van der Waals surface area contributed by atoms with E-state index in [9.17, 15) is 9.59 Å². The Morgan fingerprint density at radius 2 is 1.94 bits per heavy atom. The highest BCUT2D eigenvalue weighted by Crippen LogP contribution is 2.32. The number of rotatable bonds is 8. The van der Waals surface area contributed by atoms with Crippen molar-refractivity contribution < 1.29 is 14.3 Å². The summed E-state index contributed by atoms with van der Waals surface area (Å²) in [6.07, 6.45) is 1.37. The van der Waals surface area contributed by atoms with E-state index in [-0.39, 0.29) is 17.6 Å². The first-order chi connectivity index (χ1) is 15.6. The van der Waals surface area contributed by atoms with Crippen LogP contribution in [0.3, 0.4) is 0 Å². The predicted octanol–water partition coefficient (Wildman–Crippen LogP) is 3.83. The zero-order chi connectivity index (χ0) is 22.5. The van der Waals surface area contributed by atoms with Crippen molar-refractivity contribution in [3.05, 3.63) is 48.5 Å². The Bertz CT molecular complexity index is 1130. The molecule has 3 aromatic rings. The van der Waals surface area contributed by atoms with Crippen molar-refractivity contribution in [2.24, 2.45) is 0 Å². The number of hydrogen-bond acceptors (Lipinski definition) is 6. The lowest BCUT2D eigenvalue weighted by molar-refractivity contribution is -0.117. The standard InChI is InChI=1S/C23H25N5O3S/c1-3-27-22(16-9-4-7-12-19(16)31-2)25-26-23(27)32-15-20(29)24-17-10-5-6-11-18(17)28-14-8-13-21(28)30/h4-7,9-12H,3,8,13-15H2,1-2H3,(H,24,29). The van der Waals surface area contributed by atoms with Crippen LogP contribution in [0, 0.1) is 0 Å². The van der Waals surface area contributed by atoms with Crippen molar-refractivity contribution >= 4 is 35.0 Å². The minimum absolute atomic E-state index is 0.0843. The molecule has 1 saturated heterocycles. The van der Waals surface area contributed by atoms with Crippen LogP contribution in [0.2, 0.25) is 0 Å². The summed E-state index contributed by atoms with van der Waals surface area (Å²) >= 11 is 1.32. The van der Waals surface area contributed by atoms with E-state index in [1.807, 2.05) is 60.0 Å². The lowest BCUT2D eigenvalue weighted by Crippen LogP contribution is -2.26. The first-order valence-electron chi connectivity index (χ1n) is 10.5. The van der Waals surface area contributed by atoms with Gasteiger partial charge in [0.2, 0.25) is 11.8 Å². The average Bonchev–Trinajstić information content (AvgIpc) is 3.43. The smallest absolute Gasteiger partial charge is 0.234 e. The topological polar surface area (TPSA) is 89.4 Å². The van der Waals surface area contributed by atoms with Crippen LogP contribution in [-0.2, 0) is 16.1 Å². The summed E-state index contributed by atoms with van der Waals surface area (Å²) in [6, 6.07) is 15.0. The SMILES string of the molecule is CCn1c(SCC(=O)Nc2ccccc2N2CCCC2=O)nnc1-c1ccccc1OC. The van der Waals surface area contributed by atoms with Crippen LogP contribution < -0.4 is 15.0 Å². The molecular weight excluding hydrogens is 426 g/mol. The quantitative estimate of drug-likeness (QED) is 0.524. The molecule has 8 nitrogen and oxygen atoms in total. The lowest BCUT2D eigenvalue weighted by Gasteiger charge is -2.19. The van der Waals surface area contributed by atoms with E-state index in [1.165, 1.54) is 11.8 Å². The molecule has 0 bridgehead atoms. The molecule has 2 heterocycles. The van der Waals surface area contributed by atoms with Gasteiger partial charge in [0, 0.05) is 19.5 Å². The van der Waals surface area contributed by atoms with Gasteiger partial charge in [-0.05, 0) is 37.6 Å². The van der Waals surface area contributed by atoms with E-state index in [4.69, 9.17) is 4.74 Å². The molecule has 2 aromatic carbocycles. The Kier molecular flexibility index (Phi) is 6.75. The number of thioether (sulfide) groups is 1. The largest absolute Gasteiger partial charge is 0.496 e. The average molecular weight is 452 g/mol. The zero-order valence-corrected chi connectivity index (χ0v) is 18.9. The highest BCUT2D eigenvalue weighted by Gasteiger charge is 2.24. The third kappa shape index (κ3) is 4.47. The van der Waals surface area contributed by atoms with Gasteiger partial charge in [-0.25, -0.2) is 0 Å². The molecule has 1 N–H and O–H groups in total. The first-order valence-corrected chi connectivity index (χ1v) is 11.5. The van der Waals surface area contributed by atoms with Gasteiger partial charge in [0.25, 0.3) is 0 Å². The molecule has 0 unspecified atom stereocenters. The maximum atomic E-state index is 12.7. The summed E-state index contributed by atoms with van der Waals surface area (Å²) in [4.78, 5) is 26.6. The van der Waals surface area contributed by atoms with Gasteiger partial charge < -0.3 is 19.5 Å². The summed E-state index contributed by atoms with van der Waals surface area (Å²) in [5, 5.41) is 12.2. The van der Waals surface area contributed by atoms with Crippen molar-refractivity contribution in [3.63, 3.8) is 0 Å². The number of ether oxygens (including phenoxy) is 1. The Balaban J connectivity index is 1.47. The highest BCUT2D eigenvalue weighted by molar-refractivity contribution is 7.99. The Labute approximate surface area is 191 Å². The van der Waals surface area contributed by atoms with E-state index < -0.39 is 0 Å². The van der Waals surface area contributed by atoms with Crippen molar-refractivity contribution in [1.82, 2.24) is 14.8 Å². The van der Waals surface area contributed by atoms with E-state index >= 15 is 0 Å². The molecule has 1 fully saturated rings. The van der Waals surface area contributed by atoms with Gasteiger partial charge in [0.15, 0.2) is 11.0 Å². The number of amides is 2. The maximum absolute atomic E-state index is 12.7. The van der Waals surface area contributed by atoms with Crippen LogP contribution in [0.4, 0.5) is 11.4 Å². The monoisotopic (exact) mass is 451 g/mol. The molecule has 9 heteroatoms. The fourth-order valence-electron chi connectivity index (χ4n) is 3.74. The van der Waals surface area contributed by atoms with Crippen molar-refractivity contribution in [3.8, 4) is 17.1 Å². The number of para-hydroxylation sites is 3. The number of benzene rings is 2. The van der Waals surface area contributed by atoms with Crippen LogP contribution in [-0.4, -0.2) is 46.0 Å². The van der Waals surface area contributed by atoms with Crippen LogP contribution in [0.1, 0.15) is 19.8 Å². The second kappa shape index (κ2) is 9.86. The van der Waals surface area contributed by atoms with Gasteiger partial charge in [0.1, 0.15) is 5.75 Å². The number of aromatic nitrogens is 3. The molecule has 0 atom stereocenters. The molecule has 0 aliphatic carbocycles. The van der Waals surface area contributed by atoms with Crippen molar-refractivity contribution in [2.45, 2.75) is 31.5 Å². The van der Waals surface area contributed by atoms with Gasteiger partial charge in [-0.3, -0.25) is 9.59 Å². The first kappa shape index (κ1) is 21.9. The van der Waals surface area contributed by atoms with Gasteiger partial charge in [-0.15, -0.1) is 10.2 Å². The third-order valence-corrected chi connectivity index (χ3v) is 6.22. The summed E-state index contributed by atoms with van der Waals surface area (Å²) in [5.74, 6) is 1.51. The van der Waals surface area contributed by atoms with Crippen LogP contribution in [0.25, 0.3) is 11.4 Å².